The van der Waals surface area contributed by atoms with E-state index < -0.39 is 5.91 Å². The number of Topliss-reactive ketones (excluding diaryl/α,β-unsaturated/α-hetero) is 1. The maximum absolute atomic E-state index is 12.8. The second-order valence-electron chi connectivity index (χ2n) is 6.99. The van der Waals surface area contributed by atoms with E-state index in [1.807, 2.05) is 4.90 Å². The number of hydrogen-bond donors (Lipinski definition) is 3. The smallest absolute Gasteiger partial charge is 0.306 e. The number of amides is 1. The van der Waals surface area contributed by atoms with Crippen molar-refractivity contribution in [1.29, 1.82) is 0 Å². The van der Waals surface area contributed by atoms with Gasteiger partial charge in [-0.05, 0) is 25.1 Å². The van der Waals surface area contributed by atoms with E-state index >= 15 is 0 Å². The number of benzene rings is 1. The fraction of sp³-hybridized carbons (Fsp3) is 0.316. The molecule has 1 amide bonds. The second kappa shape index (κ2) is 7.59. The molecule has 2 aromatic heterocycles. The zero-order valence-electron chi connectivity index (χ0n) is 16.6. The zero-order valence-corrected chi connectivity index (χ0v) is 16.6. The highest BCUT2D eigenvalue weighted by molar-refractivity contribution is 6.00. The fourth-order valence-corrected chi connectivity index (χ4v) is 3.25. The first-order valence-corrected chi connectivity index (χ1v) is 9.40. The number of carbonyl (C=O) groups is 2. The topological polar surface area (TPSA) is 148 Å². The van der Waals surface area contributed by atoms with Crippen LogP contribution in [0.25, 0.3) is 11.2 Å². The SMILES string of the molecule is CC(=O)c1ccc(Oc2nc3nc(N4CCNCC4)[nH]c3c(=O)n2C)c(C(N)=O)c1. The molecule has 11 heteroatoms. The van der Waals surface area contributed by atoms with Crippen LogP contribution in [0.2, 0.25) is 0 Å². The lowest BCUT2D eigenvalue weighted by Crippen LogP contribution is -2.44. The molecular weight excluding hydrogens is 390 g/mol. The molecule has 30 heavy (non-hydrogen) atoms. The lowest BCUT2D eigenvalue weighted by Gasteiger charge is -2.26. The molecule has 4 N–H and O–H groups in total. The Morgan fingerprint density at radius 2 is 1.93 bits per heavy atom. The summed E-state index contributed by atoms with van der Waals surface area (Å²) in [6.07, 6.45) is 0. The first-order chi connectivity index (χ1) is 14.3. The predicted molar refractivity (Wildman–Crippen MR) is 109 cm³/mol. The van der Waals surface area contributed by atoms with Crippen LogP contribution >= 0.6 is 0 Å². The predicted octanol–water partition coefficient (Wildman–Crippen LogP) is 0.160. The highest BCUT2D eigenvalue weighted by atomic mass is 16.5. The molecule has 0 saturated carbocycles. The number of fused-ring (bicyclic) bond motifs is 1. The molecule has 0 spiro atoms. The van der Waals surface area contributed by atoms with Crippen molar-refractivity contribution in [3.63, 3.8) is 0 Å². The largest absolute Gasteiger partial charge is 0.425 e. The van der Waals surface area contributed by atoms with Crippen molar-refractivity contribution in [2.45, 2.75) is 6.92 Å². The summed E-state index contributed by atoms with van der Waals surface area (Å²) in [7, 11) is 1.50. The van der Waals surface area contributed by atoms with E-state index in [2.05, 4.69) is 20.3 Å². The van der Waals surface area contributed by atoms with Gasteiger partial charge in [0, 0.05) is 38.8 Å². The van der Waals surface area contributed by atoms with Crippen molar-refractivity contribution in [3.05, 3.63) is 39.7 Å². The molecule has 3 aromatic rings. The number of nitrogens with zero attached hydrogens (tertiary/aromatic N) is 4. The number of ether oxygens (including phenoxy) is 1. The summed E-state index contributed by atoms with van der Waals surface area (Å²) in [6.45, 7) is 4.54. The summed E-state index contributed by atoms with van der Waals surface area (Å²) in [5.41, 5.74) is 5.87. The number of anilines is 1. The number of nitrogens with one attached hydrogen (secondary N) is 2. The molecule has 0 unspecified atom stereocenters. The maximum Gasteiger partial charge on any atom is 0.306 e. The molecule has 1 aromatic carbocycles. The lowest BCUT2D eigenvalue weighted by atomic mass is 10.1. The van der Waals surface area contributed by atoms with Crippen LogP contribution in [0.1, 0.15) is 27.6 Å². The summed E-state index contributed by atoms with van der Waals surface area (Å²) in [5.74, 6) is -0.322. The number of rotatable bonds is 5. The molecule has 1 aliphatic heterocycles. The fourth-order valence-electron chi connectivity index (χ4n) is 3.25. The number of ketones is 1. The van der Waals surface area contributed by atoms with Crippen LogP contribution in [-0.2, 0) is 7.05 Å². The van der Waals surface area contributed by atoms with E-state index in [1.165, 1.54) is 36.7 Å². The van der Waals surface area contributed by atoms with Crippen LogP contribution < -0.4 is 26.2 Å². The highest BCUT2D eigenvalue weighted by Crippen LogP contribution is 2.26. The van der Waals surface area contributed by atoms with Crippen LogP contribution in [0.5, 0.6) is 11.8 Å². The summed E-state index contributed by atoms with van der Waals surface area (Å²) in [6, 6.07) is 4.26. The summed E-state index contributed by atoms with van der Waals surface area (Å²) >= 11 is 0. The van der Waals surface area contributed by atoms with Crippen LogP contribution in [0, 0.1) is 0 Å². The summed E-state index contributed by atoms with van der Waals surface area (Å²) in [5, 5.41) is 3.26. The Labute approximate surface area is 170 Å². The van der Waals surface area contributed by atoms with Crippen molar-refractivity contribution >= 4 is 28.8 Å². The Hall–Kier alpha value is -3.73. The van der Waals surface area contributed by atoms with E-state index in [0.717, 1.165) is 26.2 Å². The molecule has 11 nitrogen and oxygen atoms in total. The number of H-pyrrole nitrogens is 1. The molecule has 0 atom stereocenters. The molecule has 156 valence electrons. The monoisotopic (exact) mass is 411 g/mol. The van der Waals surface area contributed by atoms with Crippen molar-refractivity contribution < 1.29 is 14.3 Å². The van der Waals surface area contributed by atoms with Crippen molar-refractivity contribution in [3.8, 4) is 11.8 Å². The minimum Gasteiger partial charge on any atom is -0.425 e. The van der Waals surface area contributed by atoms with Crippen LogP contribution in [0.4, 0.5) is 5.95 Å². The van der Waals surface area contributed by atoms with Gasteiger partial charge < -0.3 is 25.7 Å². The molecule has 1 aliphatic rings. The Balaban J connectivity index is 1.74. The normalized spacial score (nSPS) is 14.1. The third-order valence-electron chi connectivity index (χ3n) is 4.95. The van der Waals surface area contributed by atoms with Gasteiger partial charge in [0.15, 0.2) is 16.9 Å². The van der Waals surface area contributed by atoms with Gasteiger partial charge in [-0.1, -0.05) is 0 Å². The summed E-state index contributed by atoms with van der Waals surface area (Å²) < 4.78 is 6.96. The van der Waals surface area contributed by atoms with E-state index in [1.54, 1.807) is 0 Å². The molecule has 1 fully saturated rings. The van der Waals surface area contributed by atoms with Gasteiger partial charge in [0.2, 0.25) is 5.95 Å². The number of hydrogen-bond acceptors (Lipinski definition) is 8. The Morgan fingerprint density at radius 1 is 1.20 bits per heavy atom. The number of imidazole rings is 1. The highest BCUT2D eigenvalue weighted by Gasteiger charge is 2.20. The van der Waals surface area contributed by atoms with Crippen LogP contribution in [-0.4, -0.2) is 57.4 Å². The van der Waals surface area contributed by atoms with Crippen LogP contribution in [0.15, 0.2) is 23.0 Å². The third kappa shape index (κ3) is 3.50. The lowest BCUT2D eigenvalue weighted by molar-refractivity contribution is 0.0997. The number of primary amides is 1. The third-order valence-corrected chi connectivity index (χ3v) is 4.95. The number of nitrogens with two attached hydrogens (primary N) is 1. The van der Waals surface area contributed by atoms with E-state index in [9.17, 15) is 14.4 Å². The Kier molecular flexibility index (Phi) is 4.96. The van der Waals surface area contributed by atoms with Crippen molar-refractivity contribution in [2.24, 2.45) is 12.8 Å². The van der Waals surface area contributed by atoms with Gasteiger partial charge in [-0.25, -0.2) is 0 Å². The van der Waals surface area contributed by atoms with Gasteiger partial charge in [0.05, 0.1) is 5.56 Å². The van der Waals surface area contributed by atoms with E-state index in [0.29, 0.717) is 11.5 Å². The van der Waals surface area contributed by atoms with Crippen LogP contribution in [0.3, 0.4) is 0 Å². The molecular formula is C19H21N7O4. The molecule has 0 radical (unpaired) electrons. The standard InChI is InChI=1S/C19H21N7O4/c1-10(27)11-3-4-13(12(9-11)15(20)28)30-19-24-16-14(17(29)25(19)2)22-18(23-16)26-7-5-21-6-8-26/h3-4,9,21H,5-8H2,1-2H3,(H2,20,28)(H,22,23). The first kappa shape index (κ1) is 19.6. The molecule has 0 bridgehead atoms. The minimum atomic E-state index is -0.764. The molecule has 4 rings (SSSR count). The molecule has 3 heterocycles. The van der Waals surface area contributed by atoms with Crippen molar-refractivity contribution in [2.75, 3.05) is 31.1 Å². The molecule has 1 saturated heterocycles. The Bertz CT molecular complexity index is 1210. The van der Waals surface area contributed by atoms with Gasteiger partial charge in [0.25, 0.3) is 11.5 Å². The quantitative estimate of drug-likeness (QED) is 0.503. The minimum absolute atomic E-state index is 0.0144. The number of carbonyl (C=O) groups excluding carboxylic acids is 2. The van der Waals surface area contributed by atoms with Crippen molar-refractivity contribution in [1.82, 2.24) is 24.8 Å². The Morgan fingerprint density at radius 3 is 2.60 bits per heavy atom. The molecule has 0 aliphatic carbocycles. The van der Waals surface area contributed by atoms with Gasteiger partial charge in [-0.3, -0.25) is 19.0 Å². The summed E-state index contributed by atoms with van der Waals surface area (Å²) in [4.78, 5) is 50.1. The zero-order chi connectivity index (χ0) is 21.4. The average molecular weight is 411 g/mol. The first-order valence-electron chi connectivity index (χ1n) is 9.40. The average Bonchev–Trinajstić information content (AvgIpc) is 3.16. The van der Waals surface area contributed by atoms with Gasteiger partial charge in [-0.2, -0.15) is 9.97 Å². The second-order valence-corrected chi connectivity index (χ2v) is 6.99. The van der Waals surface area contributed by atoms with Gasteiger partial charge in [0.1, 0.15) is 5.75 Å². The maximum atomic E-state index is 12.8. The van der Waals surface area contributed by atoms with E-state index in [-0.39, 0.29) is 39.8 Å². The number of aromatic nitrogens is 4. The van der Waals surface area contributed by atoms with Gasteiger partial charge in [-0.15, -0.1) is 0 Å². The number of piperazine rings is 1. The van der Waals surface area contributed by atoms with E-state index in [4.69, 9.17) is 10.5 Å². The van der Waals surface area contributed by atoms with Gasteiger partial charge >= 0.3 is 6.01 Å². The number of aromatic amines is 1.